The zero-order valence-electron chi connectivity index (χ0n) is 13.0. The van der Waals surface area contributed by atoms with Gasteiger partial charge in [0, 0.05) is 11.8 Å². The van der Waals surface area contributed by atoms with Crippen molar-refractivity contribution in [1.29, 1.82) is 0 Å². The summed E-state index contributed by atoms with van der Waals surface area (Å²) in [6.07, 6.45) is 1.27. The Morgan fingerprint density at radius 1 is 1.08 bits per heavy atom. The van der Waals surface area contributed by atoms with Gasteiger partial charge in [-0.2, -0.15) is 0 Å². The zero-order valence-corrected chi connectivity index (χ0v) is 13.0. The molecule has 5 nitrogen and oxygen atoms in total. The molecule has 1 heterocycles. The number of nitrogens with one attached hydrogen (secondary N) is 1. The van der Waals surface area contributed by atoms with E-state index in [1.54, 1.807) is 0 Å². The molecule has 0 saturated carbocycles. The SMILES string of the molecule is Cc1cccc(C)c1NC(=O)c1ncn(-c2ccc(F)c(F)c2)n1. The maximum Gasteiger partial charge on any atom is 0.295 e. The van der Waals surface area contributed by atoms with Crippen LogP contribution in [0.1, 0.15) is 21.7 Å². The molecular formula is C17H14F2N4O. The van der Waals surface area contributed by atoms with Gasteiger partial charge in [-0.1, -0.05) is 18.2 Å². The van der Waals surface area contributed by atoms with Crippen LogP contribution >= 0.6 is 0 Å². The van der Waals surface area contributed by atoms with Crippen LogP contribution < -0.4 is 5.32 Å². The number of rotatable bonds is 3. The Bertz CT molecular complexity index is 900. The van der Waals surface area contributed by atoms with Crippen LogP contribution in [-0.2, 0) is 0 Å². The Morgan fingerprint density at radius 2 is 1.79 bits per heavy atom. The fourth-order valence-corrected chi connectivity index (χ4v) is 2.30. The number of benzene rings is 2. The minimum absolute atomic E-state index is 0.0672. The summed E-state index contributed by atoms with van der Waals surface area (Å²) in [6, 6.07) is 8.99. The van der Waals surface area contributed by atoms with E-state index in [1.165, 1.54) is 17.1 Å². The molecule has 0 atom stereocenters. The van der Waals surface area contributed by atoms with E-state index in [-0.39, 0.29) is 11.5 Å². The van der Waals surface area contributed by atoms with Crippen molar-refractivity contribution in [3.63, 3.8) is 0 Å². The highest BCUT2D eigenvalue weighted by atomic mass is 19.2. The van der Waals surface area contributed by atoms with Gasteiger partial charge in [0.25, 0.3) is 5.91 Å². The van der Waals surface area contributed by atoms with Crippen LogP contribution in [0, 0.1) is 25.5 Å². The first-order valence-electron chi connectivity index (χ1n) is 7.20. The molecule has 0 spiro atoms. The summed E-state index contributed by atoms with van der Waals surface area (Å²) in [6.45, 7) is 3.77. The van der Waals surface area contributed by atoms with Crippen LogP contribution in [0.2, 0.25) is 0 Å². The predicted octanol–water partition coefficient (Wildman–Crippen LogP) is 3.41. The number of halogens is 2. The average molecular weight is 328 g/mol. The molecule has 0 aliphatic heterocycles. The van der Waals surface area contributed by atoms with Crippen molar-refractivity contribution in [3.8, 4) is 5.69 Å². The second-order valence-electron chi connectivity index (χ2n) is 5.33. The Balaban J connectivity index is 1.85. The number of aryl methyl sites for hydroxylation is 2. The third-order valence-corrected chi connectivity index (χ3v) is 3.58. The molecule has 0 saturated heterocycles. The predicted molar refractivity (Wildman–Crippen MR) is 85.1 cm³/mol. The molecule has 3 aromatic rings. The third kappa shape index (κ3) is 3.01. The van der Waals surface area contributed by atoms with Gasteiger partial charge in [-0.05, 0) is 37.1 Å². The summed E-state index contributed by atoms with van der Waals surface area (Å²) in [7, 11) is 0. The minimum Gasteiger partial charge on any atom is -0.319 e. The van der Waals surface area contributed by atoms with Gasteiger partial charge >= 0.3 is 0 Å². The van der Waals surface area contributed by atoms with E-state index in [4.69, 9.17) is 0 Å². The van der Waals surface area contributed by atoms with Gasteiger partial charge < -0.3 is 5.32 Å². The van der Waals surface area contributed by atoms with Crippen LogP contribution in [0.3, 0.4) is 0 Å². The lowest BCUT2D eigenvalue weighted by Gasteiger charge is -2.09. The second kappa shape index (κ2) is 6.19. The smallest absolute Gasteiger partial charge is 0.295 e. The molecule has 7 heteroatoms. The highest BCUT2D eigenvalue weighted by molar-refractivity contribution is 6.02. The molecule has 0 fully saturated rings. The average Bonchev–Trinajstić information content (AvgIpc) is 3.03. The number of nitrogens with zero attached hydrogens (tertiary/aromatic N) is 3. The van der Waals surface area contributed by atoms with Gasteiger partial charge in [-0.3, -0.25) is 4.79 Å². The molecule has 3 rings (SSSR count). The quantitative estimate of drug-likeness (QED) is 0.801. The van der Waals surface area contributed by atoms with Crippen molar-refractivity contribution in [2.24, 2.45) is 0 Å². The number of aromatic nitrogens is 3. The highest BCUT2D eigenvalue weighted by Crippen LogP contribution is 2.20. The lowest BCUT2D eigenvalue weighted by atomic mass is 10.1. The Labute approximate surface area is 137 Å². The largest absolute Gasteiger partial charge is 0.319 e. The van der Waals surface area contributed by atoms with Crippen LogP contribution in [0.4, 0.5) is 14.5 Å². The summed E-state index contributed by atoms with van der Waals surface area (Å²) in [4.78, 5) is 16.2. The number of carbonyl (C=O) groups excluding carboxylic acids is 1. The fraction of sp³-hybridized carbons (Fsp3) is 0.118. The van der Waals surface area contributed by atoms with E-state index in [2.05, 4.69) is 15.4 Å². The van der Waals surface area contributed by atoms with Crippen LogP contribution in [-0.4, -0.2) is 20.7 Å². The molecular weight excluding hydrogens is 314 g/mol. The second-order valence-corrected chi connectivity index (χ2v) is 5.33. The molecule has 24 heavy (non-hydrogen) atoms. The fourth-order valence-electron chi connectivity index (χ4n) is 2.30. The number of carbonyl (C=O) groups is 1. The molecule has 1 aromatic heterocycles. The van der Waals surface area contributed by atoms with E-state index >= 15 is 0 Å². The third-order valence-electron chi connectivity index (χ3n) is 3.58. The number of para-hydroxylation sites is 1. The molecule has 0 bridgehead atoms. The molecule has 122 valence electrons. The number of amides is 1. The molecule has 0 aliphatic carbocycles. The summed E-state index contributed by atoms with van der Waals surface area (Å²) in [5.74, 6) is -2.49. The van der Waals surface area contributed by atoms with Crippen molar-refractivity contribution >= 4 is 11.6 Å². The Kier molecular flexibility index (Phi) is 4.07. The maximum absolute atomic E-state index is 13.3. The highest BCUT2D eigenvalue weighted by Gasteiger charge is 2.15. The molecule has 0 aliphatic rings. The van der Waals surface area contributed by atoms with Gasteiger partial charge in [-0.15, -0.1) is 5.10 Å². The van der Waals surface area contributed by atoms with E-state index < -0.39 is 17.5 Å². The van der Waals surface area contributed by atoms with Crippen LogP contribution in [0.15, 0.2) is 42.7 Å². The topological polar surface area (TPSA) is 59.8 Å². The first-order chi connectivity index (χ1) is 11.5. The van der Waals surface area contributed by atoms with Crippen LogP contribution in [0.5, 0.6) is 0 Å². The van der Waals surface area contributed by atoms with Gasteiger partial charge in [0.2, 0.25) is 5.82 Å². The molecule has 0 unspecified atom stereocenters. The van der Waals surface area contributed by atoms with Gasteiger partial charge in [0.15, 0.2) is 11.6 Å². The van der Waals surface area contributed by atoms with Crippen molar-refractivity contribution in [3.05, 3.63) is 71.3 Å². The van der Waals surface area contributed by atoms with Gasteiger partial charge in [-0.25, -0.2) is 18.4 Å². The first kappa shape index (κ1) is 15.8. The summed E-state index contributed by atoms with van der Waals surface area (Å²) in [5, 5.41) is 6.78. The van der Waals surface area contributed by atoms with E-state index in [1.807, 2.05) is 32.0 Å². The lowest BCUT2D eigenvalue weighted by molar-refractivity contribution is 0.101. The van der Waals surface area contributed by atoms with Gasteiger partial charge in [0.1, 0.15) is 6.33 Å². The monoisotopic (exact) mass is 328 g/mol. The molecule has 1 N–H and O–H groups in total. The Morgan fingerprint density at radius 3 is 2.46 bits per heavy atom. The van der Waals surface area contributed by atoms with E-state index in [0.29, 0.717) is 5.69 Å². The van der Waals surface area contributed by atoms with E-state index in [0.717, 1.165) is 23.3 Å². The first-order valence-corrected chi connectivity index (χ1v) is 7.20. The maximum atomic E-state index is 13.3. The van der Waals surface area contributed by atoms with Crippen molar-refractivity contribution in [1.82, 2.24) is 14.8 Å². The van der Waals surface area contributed by atoms with E-state index in [9.17, 15) is 13.6 Å². The Hall–Kier alpha value is -3.09. The molecule has 0 radical (unpaired) electrons. The summed E-state index contributed by atoms with van der Waals surface area (Å²) in [5.41, 5.74) is 2.81. The van der Waals surface area contributed by atoms with Crippen molar-refractivity contribution in [2.75, 3.05) is 5.32 Å². The molecule has 1 amide bonds. The lowest BCUT2D eigenvalue weighted by Crippen LogP contribution is -2.16. The summed E-state index contributed by atoms with van der Waals surface area (Å²) >= 11 is 0. The van der Waals surface area contributed by atoms with Gasteiger partial charge in [0.05, 0.1) is 5.69 Å². The zero-order chi connectivity index (χ0) is 17.3. The van der Waals surface area contributed by atoms with Crippen LogP contribution in [0.25, 0.3) is 5.69 Å². The molecule has 2 aromatic carbocycles. The standard InChI is InChI=1S/C17H14F2N4O/c1-10-4-3-5-11(2)15(10)21-17(24)16-20-9-23(22-16)12-6-7-13(18)14(19)8-12/h3-9H,1-2H3,(H,21,24). The number of anilines is 1. The summed E-state index contributed by atoms with van der Waals surface area (Å²) < 4.78 is 27.5. The number of hydrogen-bond donors (Lipinski definition) is 1. The van der Waals surface area contributed by atoms with Crippen molar-refractivity contribution in [2.45, 2.75) is 13.8 Å². The van der Waals surface area contributed by atoms with Crippen molar-refractivity contribution < 1.29 is 13.6 Å². The minimum atomic E-state index is -0.996. The normalized spacial score (nSPS) is 10.7. The number of hydrogen-bond acceptors (Lipinski definition) is 3.